The van der Waals surface area contributed by atoms with Crippen LogP contribution < -0.4 is 9.91 Å². The summed E-state index contributed by atoms with van der Waals surface area (Å²) in [6, 6.07) is 2.06. The smallest absolute Gasteiger partial charge is 0.177 e. The maximum atomic E-state index is 4.25. The first-order chi connectivity index (χ1) is 6.61. The average molecular weight is 193 g/mol. The van der Waals surface area contributed by atoms with Crippen molar-refractivity contribution in [2.45, 2.75) is 0 Å². The molecule has 76 valence electrons. The van der Waals surface area contributed by atoms with E-state index in [1.165, 1.54) is 0 Å². The molecule has 0 saturated carbocycles. The zero-order valence-electron chi connectivity index (χ0n) is 8.97. The minimum absolute atomic E-state index is 1.08. The van der Waals surface area contributed by atoms with Gasteiger partial charge in [-0.15, -0.1) is 0 Å². The van der Waals surface area contributed by atoms with Gasteiger partial charge in [0.1, 0.15) is 6.33 Å². The van der Waals surface area contributed by atoms with Gasteiger partial charge in [0.2, 0.25) is 0 Å². The normalized spacial score (nSPS) is 10.9. The van der Waals surface area contributed by atoms with E-state index in [1.54, 1.807) is 0 Å². The van der Waals surface area contributed by atoms with Crippen molar-refractivity contribution in [1.29, 1.82) is 0 Å². The molecule has 5 nitrogen and oxygen atoms in total. The van der Waals surface area contributed by atoms with Crippen LogP contribution in [0, 0.1) is 0 Å². The molecule has 0 radical (unpaired) electrons. The fourth-order valence-corrected chi connectivity index (χ4v) is 1.52. The van der Waals surface area contributed by atoms with E-state index in [1.807, 2.05) is 54.9 Å². The van der Waals surface area contributed by atoms with Crippen molar-refractivity contribution in [3.63, 3.8) is 0 Å². The van der Waals surface area contributed by atoms with Gasteiger partial charge in [-0.25, -0.2) is 9.19 Å². The molecular formula is C9H15N5. The second-order valence-corrected chi connectivity index (χ2v) is 3.69. The molecule has 5 heteroatoms. The summed E-state index contributed by atoms with van der Waals surface area (Å²) in [6.07, 6.45) is 3.77. The number of hydrogen-bond donors (Lipinski definition) is 0. The standard InChI is InChI=1S/C9H15N5/c1-11(2)8-5-6-13-9(8)14(7-10-13)12(3)4/h5-7H,1-4H3. The SMILES string of the molecule is CN(C)c1ccn2ncn(N(C)C)c12. The van der Waals surface area contributed by atoms with E-state index < -0.39 is 0 Å². The van der Waals surface area contributed by atoms with Gasteiger partial charge in [0.25, 0.3) is 0 Å². The van der Waals surface area contributed by atoms with Crippen molar-refractivity contribution in [3.05, 3.63) is 18.6 Å². The van der Waals surface area contributed by atoms with Gasteiger partial charge >= 0.3 is 0 Å². The van der Waals surface area contributed by atoms with Gasteiger partial charge in [-0.3, -0.25) is 0 Å². The predicted octanol–water partition coefficient (Wildman–Crippen LogP) is 0.399. The Hall–Kier alpha value is -1.65. The van der Waals surface area contributed by atoms with Crippen molar-refractivity contribution in [3.8, 4) is 0 Å². The fourth-order valence-electron chi connectivity index (χ4n) is 1.52. The minimum atomic E-state index is 1.08. The van der Waals surface area contributed by atoms with Crippen molar-refractivity contribution in [1.82, 2.24) is 14.3 Å². The number of nitrogens with zero attached hydrogens (tertiary/aromatic N) is 5. The van der Waals surface area contributed by atoms with Gasteiger partial charge in [-0.05, 0) is 6.07 Å². The second kappa shape index (κ2) is 2.94. The number of anilines is 1. The zero-order chi connectivity index (χ0) is 10.3. The van der Waals surface area contributed by atoms with Gasteiger partial charge in [0.15, 0.2) is 5.65 Å². The third-order valence-corrected chi connectivity index (χ3v) is 2.23. The highest BCUT2D eigenvalue weighted by atomic mass is 15.6. The molecular weight excluding hydrogens is 178 g/mol. The van der Waals surface area contributed by atoms with Crippen LogP contribution in [0.5, 0.6) is 0 Å². The topological polar surface area (TPSA) is 28.7 Å². The van der Waals surface area contributed by atoms with E-state index in [0.29, 0.717) is 0 Å². The molecule has 0 aliphatic heterocycles. The average Bonchev–Trinajstić information content (AvgIpc) is 2.59. The Balaban J connectivity index is 2.67. The highest BCUT2D eigenvalue weighted by molar-refractivity contribution is 5.69. The van der Waals surface area contributed by atoms with Crippen molar-refractivity contribution < 1.29 is 0 Å². The van der Waals surface area contributed by atoms with Crippen molar-refractivity contribution >= 4 is 11.3 Å². The summed E-state index contributed by atoms with van der Waals surface area (Å²) in [5, 5.41) is 6.25. The minimum Gasteiger partial charge on any atom is -0.375 e. The first kappa shape index (κ1) is 8.93. The number of fused-ring (bicyclic) bond motifs is 1. The monoisotopic (exact) mass is 193 g/mol. The van der Waals surface area contributed by atoms with Crippen LogP contribution in [0.2, 0.25) is 0 Å². The summed E-state index contributed by atoms with van der Waals surface area (Å²) in [5.74, 6) is 0. The van der Waals surface area contributed by atoms with Crippen LogP contribution in [-0.2, 0) is 0 Å². The van der Waals surface area contributed by atoms with E-state index >= 15 is 0 Å². The molecule has 0 spiro atoms. The highest BCUT2D eigenvalue weighted by Crippen LogP contribution is 2.20. The molecule has 2 heterocycles. The Morgan fingerprint density at radius 2 is 1.93 bits per heavy atom. The Morgan fingerprint density at radius 1 is 1.21 bits per heavy atom. The van der Waals surface area contributed by atoms with Gasteiger partial charge in [0, 0.05) is 34.4 Å². The summed E-state index contributed by atoms with van der Waals surface area (Å²) in [5.41, 5.74) is 2.25. The number of hydrogen-bond acceptors (Lipinski definition) is 3. The van der Waals surface area contributed by atoms with Crippen LogP contribution in [0.15, 0.2) is 18.6 Å². The fraction of sp³-hybridized carbons (Fsp3) is 0.444. The molecule has 0 fully saturated rings. The summed E-state index contributed by atoms with van der Waals surface area (Å²) in [4.78, 5) is 2.08. The van der Waals surface area contributed by atoms with Crippen LogP contribution in [0.3, 0.4) is 0 Å². The van der Waals surface area contributed by atoms with E-state index in [-0.39, 0.29) is 0 Å². The lowest BCUT2D eigenvalue weighted by atomic mass is 10.5. The Kier molecular flexibility index (Phi) is 1.87. The lowest BCUT2D eigenvalue weighted by molar-refractivity contribution is 0.752. The molecule has 0 amide bonds. The van der Waals surface area contributed by atoms with Gasteiger partial charge in [-0.2, -0.15) is 5.10 Å². The molecule has 0 atom stereocenters. The Morgan fingerprint density at radius 3 is 2.50 bits per heavy atom. The Labute approximate surface area is 83.1 Å². The van der Waals surface area contributed by atoms with Crippen LogP contribution in [-0.4, -0.2) is 42.5 Å². The van der Waals surface area contributed by atoms with Gasteiger partial charge < -0.3 is 9.91 Å². The molecule has 0 aliphatic rings. The number of aromatic nitrogens is 3. The lowest BCUT2D eigenvalue weighted by Crippen LogP contribution is -2.24. The quantitative estimate of drug-likeness (QED) is 0.691. The summed E-state index contributed by atoms with van der Waals surface area (Å²) in [6.45, 7) is 0. The maximum absolute atomic E-state index is 4.25. The summed E-state index contributed by atoms with van der Waals surface area (Å²) >= 11 is 0. The molecule has 0 aliphatic carbocycles. The summed E-state index contributed by atoms with van der Waals surface area (Å²) in [7, 11) is 8.05. The molecule has 2 aromatic heterocycles. The van der Waals surface area contributed by atoms with Crippen LogP contribution in [0.1, 0.15) is 0 Å². The molecule has 0 saturated heterocycles. The maximum Gasteiger partial charge on any atom is 0.177 e. The second-order valence-electron chi connectivity index (χ2n) is 3.69. The Bertz CT molecular complexity index is 399. The summed E-state index contributed by atoms with van der Waals surface area (Å²) < 4.78 is 3.88. The van der Waals surface area contributed by atoms with E-state index in [4.69, 9.17) is 0 Å². The molecule has 2 rings (SSSR count). The predicted molar refractivity (Wildman–Crippen MR) is 57.6 cm³/mol. The van der Waals surface area contributed by atoms with Gasteiger partial charge in [-0.1, -0.05) is 0 Å². The molecule has 0 bridgehead atoms. The molecule has 0 aromatic carbocycles. The van der Waals surface area contributed by atoms with Crippen LogP contribution in [0.25, 0.3) is 5.65 Å². The van der Waals surface area contributed by atoms with Crippen molar-refractivity contribution in [2.24, 2.45) is 0 Å². The first-order valence-electron chi connectivity index (χ1n) is 4.51. The molecule has 2 aromatic rings. The van der Waals surface area contributed by atoms with Gasteiger partial charge in [0.05, 0.1) is 5.69 Å². The first-order valence-corrected chi connectivity index (χ1v) is 4.51. The van der Waals surface area contributed by atoms with E-state index in [9.17, 15) is 0 Å². The van der Waals surface area contributed by atoms with Crippen LogP contribution >= 0.6 is 0 Å². The van der Waals surface area contributed by atoms with E-state index in [0.717, 1.165) is 11.3 Å². The molecule has 14 heavy (non-hydrogen) atoms. The zero-order valence-corrected chi connectivity index (χ0v) is 8.97. The van der Waals surface area contributed by atoms with Crippen molar-refractivity contribution in [2.75, 3.05) is 38.1 Å². The van der Waals surface area contributed by atoms with E-state index in [2.05, 4.69) is 16.1 Å². The number of rotatable bonds is 2. The largest absolute Gasteiger partial charge is 0.375 e. The molecule has 0 unspecified atom stereocenters. The lowest BCUT2D eigenvalue weighted by Gasteiger charge is -2.16. The van der Waals surface area contributed by atoms with Crippen LogP contribution in [0.4, 0.5) is 5.69 Å². The highest BCUT2D eigenvalue weighted by Gasteiger charge is 2.10. The molecule has 0 N–H and O–H groups in total. The third-order valence-electron chi connectivity index (χ3n) is 2.23. The third kappa shape index (κ3) is 1.13.